The van der Waals surface area contributed by atoms with Crippen LogP contribution in [0.4, 0.5) is 0 Å². The summed E-state index contributed by atoms with van der Waals surface area (Å²) >= 11 is 0. The molecule has 5 heteroatoms. The fraction of sp³-hybridized carbons (Fsp3) is 0.0727. The van der Waals surface area contributed by atoms with Gasteiger partial charge in [-0.15, -0.1) is 0 Å². The van der Waals surface area contributed by atoms with Crippen molar-refractivity contribution in [3.8, 4) is 56.4 Å². The summed E-state index contributed by atoms with van der Waals surface area (Å²) in [5, 5.41) is 4.79. The van der Waals surface area contributed by atoms with E-state index in [9.17, 15) is 0 Å². The van der Waals surface area contributed by atoms with Crippen molar-refractivity contribution in [2.24, 2.45) is 0 Å². The standard InChI is InChI=1S/C55H41N5/c1-55(2,3)54-57-52(44-30-18-28-38(36-20-6-4-7-21-36)50(44)59-46-32-14-10-24-40(46)41-25-11-15-33-47(41)59)56-53(58-54)45-31-19-29-39(37-22-8-5-9-23-37)51(45)60-48-34-16-12-26-42(48)43-27-13-17-35-49(43)60/h4-35H,1-3H3. The Kier molecular flexibility index (Phi) is 8.31. The molecular formula is C55H41N5. The lowest BCUT2D eigenvalue weighted by atomic mass is 9.94. The first-order valence-corrected chi connectivity index (χ1v) is 20.6. The molecule has 11 rings (SSSR count). The summed E-state index contributed by atoms with van der Waals surface area (Å²) < 4.78 is 4.81. The van der Waals surface area contributed by atoms with Gasteiger partial charge in [-0.05, 0) is 47.5 Å². The van der Waals surface area contributed by atoms with Crippen LogP contribution in [0.2, 0.25) is 0 Å². The zero-order valence-electron chi connectivity index (χ0n) is 33.7. The van der Waals surface area contributed by atoms with Gasteiger partial charge in [0.15, 0.2) is 11.6 Å². The normalized spacial score (nSPS) is 11.9. The van der Waals surface area contributed by atoms with Crippen molar-refractivity contribution in [1.29, 1.82) is 0 Å². The second-order valence-corrected chi connectivity index (χ2v) is 16.4. The van der Waals surface area contributed by atoms with Gasteiger partial charge in [0.1, 0.15) is 5.82 Å². The van der Waals surface area contributed by atoms with E-state index >= 15 is 0 Å². The van der Waals surface area contributed by atoms with Gasteiger partial charge in [0.2, 0.25) is 0 Å². The van der Waals surface area contributed by atoms with Crippen molar-refractivity contribution in [1.82, 2.24) is 24.1 Å². The largest absolute Gasteiger partial charge is 0.308 e. The lowest BCUT2D eigenvalue weighted by Crippen LogP contribution is -2.18. The fourth-order valence-corrected chi connectivity index (χ4v) is 8.91. The number of hydrogen-bond acceptors (Lipinski definition) is 3. The summed E-state index contributed by atoms with van der Waals surface area (Å²) in [5.74, 6) is 1.97. The number of hydrogen-bond donors (Lipinski definition) is 0. The molecule has 0 saturated carbocycles. The molecule has 3 aromatic heterocycles. The van der Waals surface area contributed by atoms with Crippen LogP contribution in [0.15, 0.2) is 194 Å². The van der Waals surface area contributed by atoms with Gasteiger partial charge in [0, 0.05) is 49.2 Å². The maximum atomic E-state index is 5.57. The van der Waals surface area contributed by atoms with Crippen molar-refractivity contribution < 1.29 is 0 Å². The molecule has 0 aliphatic heterocycles. The number of rotatable bonds is 6. The first-order valence-electron chi connectivity index (χ1n) is 20.6. The fourth-order valence-electron chi connectivity index (χ4n) is 8.91. The van der Waals surface area contributed by atoms with Gasteiger partial charge in [0.25, 0.3) is 0 Å². The highest BCUT2D eigenvalue weighted by Gasteiger charge is 2.27. The quantitative estimate of drug-likeness (QED) is 0.169. The molecule has 0 amide bonds. The van der Waals surface area contributed by atoms with Crippen LogP contribution in [0.1, 0.15) is 26.6 Å². The average molecular weight is 772 g/mol. The maximum Gasteiger partial charge on any atom is 0.165 e. The molecule has 3 heterocycles. The maximum absolute atomic E-state index is 5.57. The Bertz CT molecular complexity index is 3080. The molecule has 286 valence electrons. The number of fused-ring (bicyclic) bond motifs is 6. The SMILES string of the molecule is CC(C)(C)c1nc(-c2cccc(-c3ccccc3)c2-n2c3ccccc3c3ccccc32)nc(-c2cccc(-c3ccccc3)c2-n2c3ccccc3c3ccccc32)n1. The van der Waals surface area contributed by atoms with E-state index in [0.717, 1.165) is 72.6 Å². The molecule has 0 aliphatic carbocycles. The molecule has 60 heavy (non-hydrogen) atoms. The molecule has 0 N–H and O–H groups in total. The van der Waals surface area contributed by atoms with E-state index in [1.807, 2.05) is 0 Å². The third kappa shape index (κ3) is 5.73. The van der Waals surface area contributed by atoms with E-state index in [0.29, 0.717) is 11.6 Å². The highest BCUT2D eigenvalue weighted by atomic mass is 15.1. The van der Waals surface area contributed by atoms with Crippen LogP contribution in [0, 0.1) is 0 Å². The average Bonchev–Trinajstić information content (AvgIpc) is 3.81. The molecule has 0 saturated heterocycles. The molecule has 11 aromatic rings. The van der Waals surface area contributed by atoms with Gasteiger partial charge < -0.3 is 9.13 Å². The topological polar surface area (TPSA) is 48.5 Å². The van der Waals surface area contributed by atoms with Crippen LogP contribution >= 0.6 is 0 Å². The van der Waals surface area contributed by atoms with E-state index < -0.39 is 0 Å². The van der Waals surface area contributed by atoms with E-state index in [-0.39, 0.29) is 5.41 Å². The van der Waals surface area contributed by atoms with Gasteiger partial charge in [-0.1, -0.05) is 178 Å². The van der Waals surface area contributed by atoms with Crippen LogP contribution in [0.25, 0.3) is 100 Å². The van der Waals surface area contributed by atoms with Gasteiger partial charge in [-0.3, -0.25) is 0 Å². The van der Waals surface area contributed by atoms with Gasteiger partial charge in [-0.25, -0.2) is 15.0 Å². The number of aromatic nitrogens is 5. The second-order valence-electron chi connectivity index (χ2n) is 16.4. The predicted molar refractivity (Wildman–Crippen MR) is 249 cm³/mol. The van der Waals surface area contributed by atoms with Crippen molar-refractivity contribution in [3.63, 3.8) is 0 Å². The lowest BCUT2D eigenvalue weighted by molar-refractivity contribution is 0.543. The molecule has 0 spiro atoms. The molecule has 0 unspecified atom stereocenters. The number of para-hydroxylation sites is 6. The minimum Gasteiger partial charge on any atom is -0.308 e. The van der Waals surface area contributed by atoms with E-state index in [1.54, 1.807) is 0 Å². The molecule has 0 fully saturated rings. The van der Waals surface area contributed by atoms with Crippen molar-refractivity contribution in [2.75, 3.05) is 0 Å². The van der Waals surface area contributed by atoms with Gasteiger partial charge >= 0.3 is 0 Å². The van der Waals surface area contributed by atoms with Gasteiger partial charge in [-0.2, -0.15) is 0 Å². The third-order valence-corrected chi connectivity index (χ3v) is 11.6. The first-order chi connectivity index (χ1) is 29.4. The van der Waals surface area contributed by atoms with Crippen LogP contribution in [-0.4, -0.2) is 24.1 Å². The summed E-state index contributed by atoms with van der Waals surface area (Å²) in [5.41, 5.74) is 12.4. The highest BCUT2D eigenvalue weighted by molar-refractivity contribution is 6.11. The Morgan fingerprint density at radius 1 is 0.317 bits per heavy atom. The highest BCUT2D eigenvalue weighted by Crippen LogP contribution is 2.44. The van der Waals surface area contributed by atoms with Crippen molar-refractivity contribution in [2.45, 2.75) is 26.2 Å². The van der Waals surface area contributed by atoms with Crippen LogP contribution in [0.5, 0.6) is 0 Å². The number of benzene rings is 8. The van der Waals surface area contributed by atoms with Gasteiger partial charge in [0.05, 0.1) is 33.4 Å². The molecule has 8 aromatic carbocycles. The molecular weight excluding hydrogens is 731 g/mol. The summed E-state index contributed by atoms with van der Waals surface area (Å²) in [4.78, 5) is 16.4. The van der Waals surface area contributed by atoms with Crippen molar-refractivity contribution in [3.05, 3.63) is 200 Å². The predicted octanol–water partition coefficient (Wildman–Crippen LogP) is 14.0. The smallest absolute Gasteiger partial charge is 0.165 e. The minimum absolute atomic E-state index is 0.388. The molecule has 0 bridgehead atoms. The van der Waals surface area contributed by atoms with E-state index in [2.05, 4.69) is 224 Å². The van der Waals surface area contributed by atoms with E-state index in [1.165, 1.54) is 21.5 Å². The Hall–Kier alpha value is -7.63. The summed E-state index contributed by atoms with van der Waals surface area (Å²) in [6.45, 7) is 6.54. The lowest BCUT2D eigenvalue weighted by Gasteiger charge is -2.22. The number of nitrogens with zero attached hydrogens (tertiary/aromatic N) is 5. The Morgan fingerprint density at radius 3 is 0.983 bits per heavy atom. The molecule has 0 aliphatic rings. The van der Waals surface area contributed by atoms with Crippen molar-refractivity contribution >= 4 is 43.6 Å². The second kappa shape index (κ2) is 14.0. The molecule has 5 nitrogen and oxygen atoms in total. The summed E-state index contributed by atoms with van der Waals surface area (Å²) in [6.07, 6.45) is 0. The van der Waals surface area contributed by atoms with Crippen LogP contribution in [0.3, 0.4) is 0 Å². The van der Waals surface area contributed by atoms with E-state index in [4.69, 9.17) is 15.0 Å². The molecule has 0 atom stereocenters. The molecule has 0 radical (unpaired) electrons. The Labute approximate surface area is 348 Å². The third-order valence-electron chi connectivity index (χ3n) is 11.6. The van der Waals surface area contributed by atoms with Crippen LogP contribution in [-0.2, 0) is 5.41 Å². The zero-order chi connectivity index (χ0) is 40.4. The Balaban J connectivity index is 1.26. The monoisotopic (exact) mass is 771 g/mol. The minimum atomic E-state index is -0.388. The van der Waals surface area contributed by atoms with Crippen LogP contribution < -0.4 is 0 Å². The first kappa shape index (κ1) is 35.5. The zero-order valence-corrected chi connectivity index (χ0v) is 33.7. The summed E-state index contributed by atoms with van der Waals surface area (Å²) in [7, 11) is 0. The summed E-state index contributed by atoms with van der Waals surface area (Å²) in [6, 6.07) is 69.0. The Morgan fingerprint density at radius 2 is 0.633 bits per heavy atom.